The van der Waals surface area contributed by atoms with E-state index in [1.54, 1.807) is 29.2 Å². The van der Waals surface area contributed by atoms with Crippen molar-refractivity contribution in [2.24, 2.45) is 0 Å². The Morgan fingerprint density at radius 1 is 0.949 bits per heavy atom. The fourth-order valence-electron chi connectivity index (χ4n) is 4.30. The Hall–Kier alpha value is -5.45. The van der Waals surface area contributed by atoms with Crippen LogP contribution in [0.5, 0.6) is 11.6 Å². The summed E-state index contributed by atoms with van der Waals surface area (Å²) in [6, 6.07) is 17.3. The lowest BCUT2D eigenvalue weighted by Gasteiger charge is -2.13. The molecule has 11 nitrogen and oxygen atoms in total. The molecule has 0 spiro atoms. The van der Waals surface area contributed by atoms with Gasteiger partial charge in [0.05, 0.1) is 5.52 Å². The molecule has 1 amide bonds. The number of benzene rings is 2. The van der Waals surface area contributed by atoms with Gasteiger partial charge in [0.1, 0.15) is 36.4 Å². The van der Waals surface area contributed by atoms with Gasteiger partial charge in [-0.15, -0.1) is 10.2 Å². The van der Waals surface area contributed by atoms with E-state index in [4.69, 9.17) is 4.74 Å². The third kappa shape index (κ3) is 4.92. The third-order valence-electron chi connectivity index (χ3n) is 6.15. The molecule has 2 N–H and O–H groups in total. The number of carbonyl (C=O) groups is 1. The van der Waals surface area contributed by atoms with E-state index in [1.165, 1.54) is 13.3 Å². The predicted octanol–water partition coefficient (Wildman–Crippen LogP) is 5.24. The van der Waals surface area contributed by atoms with Crippen LogP contribution in [0.1, 0.15) is 18.2 Å². The van der Waals surface area contributed by atoms with Crippen LogP contribution in [0, 0.1) is 13.8 Å². The summed E-state index contributed by atoms with van der Waals surface area (Å²) in [5, 5.41) is 14.9. The maximum Gasteiger partial charge on any atom is 0.224 e. The Morgan fingerprint density at radius 2 is 1.85 bits per heavy atom. The van der Waals surface area contributed by atoms with Gasteiger partial charge in [-0.2, -0.15) is 0 Å². The van der Waals surface area contributed by atoms with E-state index in [0.29, 0.717) is 28.9 Å². The number of aryl methyl sites for hydroxylation is 2. The summed E-state index contributed by atoms with van der Waals surface area (Å²) in [4.78, 5) is 29.1. The number of anilines is 3. The second-order valence-electron chi connectivity index (χ2n) is 9.00. The molecule has 4 aromatic heterocycles. The van der Waals surface area contributed by atoms with E-state index in [-0.39, 0.29) is 5.91 Å². The number of hydrogen-bond acceptors (Lipinski definition) is 9. The number of nitrogens with zero attached hydrogens (tertiary/aromatic N) is 7. The van der Waals surface area contributed by atoms with Crippen molar-refractivity contribution >= 4 is 39.8 Å². The van der Waals surface area contributed by atoms with E-state index >= 15 is 0 Å². The van der Waals surface area contributed by atoms with E-state index < -0.39 is 0 Å². The Labute approximate surface area is 223 Å². The molecule has 6 rings (SSSR count). The number of hydrogen-bond donors (Lipinski definition) is 2. The van der Waals surface area contributed by atoms with Crippen LogP contribution in [-0.4, -0.2) is 40.4 Å². The Balaban J connectivity index is 1.27. The maximum absolute atomic E-state index is 11.4. The van der Waals surface area contributed by atoms with Gasteiger partial charge in [-0.1, -0.05) is 6.07 Å². The average molecular weight is 518 g/mol. The van der Waals surface area contributed by atoms with Gasteiger partial charge in [0.2, 0.25) is 11.8 Å². The van der Waals surface area contributed by atoms with Gasteiger partial charge in [-0.3, -0.25) is 9.20 Å². The van der Waals surface area contributed by atoms with Gasteiger partial charge >= 0.3 is 0 Å². The first kappa shape index (κ1) is 23.9. The van der Waals surface area contributed by atoms with Crippen molar-refractivity contribution < 1.29 is 9.53 Å². The lowest BCUT2D eigenvalue weighted by atomic mass is 10.0. The average Bonchev–Trinajstić information content (AvgIpc) is 3.38. The molecule has 39 heavy (non-hydrogen) atoms. The minimum Gasteiger partial charge on any atom is -0.439 e. The van der Waals surface area contributed by atoms with Crippen molar-refractivity contribution in [3.63, 3.8) is 0 Å². The first-order chi connectivity index (χ1) is 18.9. The Kier molecular flexibility index (Phi) is 6.00. The van der Waals surface area contributed by atoms with E-state index in [1.807, 2.05) is 56.3 Å². The topological polar surface area (TPSA) is 132 Å². The summed E-state index contributed by atoms with van der Waals surface area (Å²) in [7, 11) is 0. The Bertz CT molecular complexity index is 1870. The molecular weight excluding hydrogens is 494 g/mol. The number of pyridine rings is 1. The zero-order valence-electron chi connectivity index (χ0n) is 21.4. The number of amides is 1. The van der Waals surface area contributed by atoms with Gasteiger partial charge in [0.15, 0.2) is 5.65 Å². The van der Waals surface area contributed by atoms with Crippen molar-refractivity contribution in [1.82, 2.24) is 34.5 Å². The second kappa shape index (κ2) is 9.78. The summed E-state index contributed by atoms with van der Waals surface area (Å²) >= 11 is 0. The molecule has 192 valence electrons. The molecule has 0 aliphatic heterocycles. The minimum absolute atomic E-state index is 0.159. The lowest BCUT2D eigenvalue weighted by Crippen LogP contribution is -2.08. The number of ether oxygens (including phenoxy) is 1. The van der Waals surface area contributed by atoms with E-state index in [0.717, 1.165) is 39.0 Å². The lowest BCUT2D eigenvalue weighted by molar-refractivity contribution is -0.114. The highest BCUT2D eigenvalue weighted by atomic mass is 16.5. The zero-order chi connectivity index (χ0) is 26.9. The number of aromatic nitrogens is 7. The van der Waals surface area contributed by atoms with Gasteiger partial charge < -0.3 is 15.4 Å². The van der Waals surface area contributed by atoms with Crippen LogP contribution in [-0.2, 0) is 4.79 Å². The van der Waals surface area contributed by atoms with E-state index in [9.17, 15) is 4.79 Å². The molecule has 0 saturated heterocycles. The molecular formula is C28H23N9O2. The standard InChI is InChI=1S/C28H23N9O2/c1-16-10-20(5-8-24(16)39-27-12-26-36-32-15-37(26)14-31-27)35-28-22-11-19(4-7-23(22)29-13-30-28)21-6-9-25(33-17(21)2)34-18(3)38/h4-15H,1-3H3,(H,29,30,35)(H,33,34,38). The van der Waals surface area contributed by atoms with Crippen LogP contribution in [0.3, 0.4) is 0 Å². The summed E-state index contributed by atoms with van der Waals surface area (Å²) < 4.78 is 7.70. The molecule has 6 aromatic rings. The van der Waals surface area contributed by atoms with Crippen LogP contribution < -0.4 is 15.4 Å². The van der Waals surface area contributed by atoms with Crippen LogP contribution in [0.25, 0.3) is 27.7 Å². The highest BCUT2D eigenvalue weighted by Crippen LogP contribution is 2.32. The number of fused-ring (bicyclic) bond motifs is 2. The molecule has 0 bridgehead atoms. The highest BCUT2D eigenvalue weighted by Gasteiger charge is 2.11. The second-order valence-corrected chi connectivity index (χ2v) is 9.00. The van der Waals surface area contributed by atoms with Crippen LogP contribution in [0.15, 0.2) is 73.6 Å². The zero-order valence-corrected chi connectivity index (χ0v) is 21.4. The minimum atomic E-state index is -0.159. The summed E-state index contributed by atoms with van der Waals surface area (Å²) in [5.41, 5.74) is 5.96. The molecule has 0 fully saturated rings. The van der Waals surface area contributed by atoms with Crippen LogP contribution >= 0.6 is 0 Å². The maximum atomic E-state index is 11.4. The van der Waals surface area contributed by atoms with Gasteiger partial charge in [0.25, 0.3) is 0 Å². The van der Waals surface area contributed by atoms with Crippen molar-refractivity contribution in [1.29, 1.82) is 0 Å². The van der Waals surface area contributed by atoms with Crippen molar-refractivity contribution in [2.75, 3.05) is 10.6 Å². The molecule has 0 saturated carbocycles. The summed E-state index contributed by atoms with van der Waals surface area (Å²) in [6.07, 6.45) is 4.73. The number of carbonyl (C=O) groups excluding carboxylic acids is 1. The molecule has 0 unspecified atom stereocenters. The van der Waals surface area contributed by atoms with Crippen LogP contribution in [0.2, 0.25) is 0 Å². The normalized spacial score (nSPS) is 11.1. The third-order valence-corrected chi connectivity index (χ3v) is 6.15. The quantitative estimate of drug-likeness (QED) is 0.304. The van der Waals surface area contributed by atoms with Crippen molar-refractivity contribution in [3.8, 4) is 22.8 Å². The molecule has 11 heteroatoms. The predicted molar refractivity (Wildman–Crippen MR) is 147 cm³/mol. The fraction of sp³-hybridized carbons (Fsp3) is 0.107. The molecule has 0 radical (unpaired) electrons. The Morgan fingerprint density at radius 3 is 2.67 bits per heavy atom. The first-order valence-corrected chi connectivity index (χ1v) is 12.1. The molecule has 0 atom stereocenters. The van der Waals surface area contributed by atoms with E-state index in [2.05, 4.69) is 40.8 Å². The SMILES string of the molecule is CC(=O)Nc1ccc(-c2ccc3ncnc(Nc4ccc(Oc5cc6nncn6cn5)c(C)c4)c3c2)c(C)n1. The molecule has 2 aromatic carbocycles. The monoisotopic (exact) mass is 517 g/mol. The summed E-state index contributed by atoms with van der Waals surface area (Å²) in [6.45, 7) is 5.34. The first-order valence-electron chi connectivity index (χ1n) is 12.1. The smallest absolute Gasteiger partial charge is 0.224 e. The number of rotatable bonds is 6. The van der Waals surface area contributed by atoms with Gasteiger partial charge in [-0.05, 0) is 67.4 Å². The summed E-state index contributed by atoms with van der Waals surface area (Å²) in [5.74, 6) is 2.15. The molecule has 4 heterocycles. The van der Waals surface area contributed by atoms with Crippen molar-refractivity contribution in [2.45, 2.75) is 20.8 Å². The molecule has 0 aliphatic carbocycles. The van der Waals surface area contributed by atoms with Gasteiger partial charge in [-0.25, -0.2) is 19.9 Å². The highest BCUT2D eigenvalue weighted by molar-refractivity contribution is 5.94. The van der Waals surface area contributed by atoms with Crippen LogP contribution in [0.4, 0.5) is 17.3 Å². The fourth-order valence-corrected chi connectivity index (χ4v) is 4.30. The molecule has 0 aliphatic rings. The van der Waals surface area contributed by atoms with Gasteiger partial charge in [0, 0.05) is 35.3 Å². The largest absolute Gasteiger partial charge is 0.439 e. The number of nitrogens with one attached hydrogen (secondary N) is 2. The van der Waals surface area contributed by atoms with Crippen molar-refractivity contribution in [3.05, 3.63) is 84.8 Å².